The molecule has 0 amide bonds. The number of hydrogen-bond donors (Lipinski definition) is 0. The van der Waals surface area contributed by atoms with Crippen molar-refractivity contribution < 1.29 is 26.0 Å². The summed E-state index contributed by atoms with van der Waals surface area (Å²) < 4.78 is 77.1. The second-order valence-corrected chi connectivity index (χ2v) is 9.60. The number of allylic oxidation sites excluding steroid dienone is 3. The predicted octanol–water partition coefficient (Wildman–Crippen LogP) is 6.78. The standard InChI is InChI=1S/C22H21F3N2O2S.C4H7F/c1-3-7-19-20(17-10-12-18(13-11-17)30(2,28)29)26-27(21(19)22(23,24)25)15-14-16-8-5-4-6-9-16;1-2-3-4-5/h3-13H,14-15H2,1-2H3;2-3H,4H2,1H3/b7-3+;3-2-. The topological polar surface area (TPSA) is 52.0 Å². The number of halogens is 4. The summed E-state index contributed by atoms with van der Waals surface area (Å²) in [6, 6.07) is 14.9. The van der Waals surface area contributed by atoms with Gasteiger partial charge in [0.1, 0.15) is 18.1 Å². The van der Waals surface area contributed by atoms with E-state index in [1.807, 2.05) is 30.3 Å². The van der Waals surface area contributed by atoms with Gasteiger partial charge in [0.15, 0.2) is 9.84 Å². The molecule has 35 heavy (non-hydrogen) atoms. The average molecular weight is 509 g/mol. The lowest BCUT2D eigenvalue weighted by atomic mass is 10.0. The Hall–Kier alpha value is -3.20. The number of benzene rings is 2. The summed E-state index contributed by atoms with van der Waals surface area (Å²) >= 11 is 0. The molecule has 0 saturated carbocycles. The van der Waals surface area contributed by atoms with Gasteiger partial charge < -0.3 is 0 Å². The maximum atomic E-state index is 13.9. The summed E-state index contributed by atoms with van der Waals surface area (Å²) in [7, 11) is -3.41. The average Bonchev–Trinajstić information content (AvgIpc) is 3.18. The summed E-state index contributed by atoms with van der Waals surface area (Å²) in [5, 5.41) is 4.27. The summed E-state index contributed by atoms with van der Waals surface area (Å²) in [5.41, 5.74) is 0.629. The number of rotatable bonds is 7. The van der Waals surface area contributed by atoms with Gasteiger partial charge in [-0.3, -0.25) is 4.68 Å². The van der Waals surface area contributed by atoms with Gasteiger partial charge in [0.2, 0.25) is 0 Å². The number of alkyl halides is 4. The van der Waals surface area contributed by atoms with E-state index < -0.39 is 21.7 Å². The molecule has 0 aliphatic heterocycles. The molecule has 188 valence electrons. The fraction of sp³-hybridized carbons (Fsp3) is 0.269. The van der Waals surface area contributed by atoms with Crippen molar-refractivity contribution >= 4 is 15.9 Å². The Morgan fingerprint density at radius 1 is 0.971 bits per heavy atom. The number of aromatic nitrogens is 2. The van der Waals surface area contributed by atoms with Gasteiger partial charge in [0, 0.05) is 23.9 Å². The predicted molar refractivity (Wildman–Crippen MR) is 131 cm³/mol. The Morgan fingerprint density at radius 2 is 1.60 bits per heavy atom. The van der Waals surface area contributed by atoms with Crippen LogP contribution in [-0.4, -0.2) is 31.1 Å². The first kappa shape index (κ1) is 28.0. The smallest absolute Gasteiger partial charge is 0.259 e. The molecule has 9 heteroatoms. The van der Waals surface area contributed by atoms with Crippen LogP contribution in [0, 0.1) is 0 Å². The third kappa shape index (κ3) is 7.92. The highest BCUT2D eigenvalue weighted by Gasteiger charge is 2.39. The largest absolute Gasteiger partial charge is 0.433 e. The van der Waals surface area contributed by atoms with Crippen LogP contribution in [0.4, 0.5) is 17.6 Å². The molecule has 0 radical (unpaired) electrons. The molecule has 0 unspecified atom stereocenters. The van der Waals surface area contributed by atoms with Crippen molar-refractivity contribution in [3.8, 4) is 11.3 Å². The van der Waals surface area contributed by atoms with E-state index in [1.165, 1.54) is 42.5 Å². The summed E-state index contributed by atoms with van der Waals surface area (Å²) in [6.45, 7) is 3.15. The van der Waals surface area contributed by atoms with Crippen LogP contribution in [-0.2, 0) is 29.0 Å². The zero-order chi connectivity index (χ0) is 26.1. The Balaban J connectivity index is 0.000000784. The number of nitrogens with zero attached hydrogens (tertiary/aromatic N) is 2. The van der Waals surface area contributed by atoms with Crippen molar-refractivity contribution in [2.24, 2.45) is 0 Å². The molecule has 0 aliphatic carbocycles. The molecule has 0 saturated heterocycles. The highest BCUT2D eigenvalue weighted by atomic mass is 32.2. The normalized spacial score (nSPS) is 12.2. The Labute approximate surface area is 203 Å². The van der Waals surface area contributed by atoms with Gasteiger partial charge in [-0.1, -0.05) is 66.8 Å². The molecule has 0 bridgehead atoms. The molecule has 0 fully saturated rings. The molecule has 0 N–H and O–H groups in total. The van der Waals surface area contributed by atoms with E-state index in [9.17, 15) is 26.0 Å². The molecule has 1 aromatic heterocycles. The molecule has 0 aliphatic rings. The fourth-order valence-electron chi connectivity index (χ4n) is 3.30. The van der Waals surface area contributed by atoms with Crippen molar-refractivity contribution in [2.75, 3.05) is 12.9 Å². The van der Waals surface area contributed by atoms with Crippen LogP contribution in [0.25, 0.3) is 17.3 Å². The second-order valence-electron chi connectivity index (χ2n) is 7.59. The monoisotopic (exact) mass is 508 g/mol. The Kier molecular flexibility index (Phi) is 10.0. The molecule has 1 heterocycles. The zero-order valence-electron chi connectivity index (χ0n) is 19.8. The van der Waals surface area contributed by atoms with E-state index in [0.29, 0.717) is 12.0 Å². The molecular weight excluding hydrogens is 480 g/mol. The van der Waals surface area contributed by atoms with Crippen LogP contribution < -0.4 is 0 Å². The lowest BCUT2D eigenvalue weighted by Gasteiger charge is -2.11. The molecule has 4 nitrogen and oxygen atoms in total. The summed E-state index contributed by atoms with van der Waals surface area (Å²) in [6.07, 6.45) is 2.93. The summed E-state index contributed by atoms with van der Waals surface area (Å²) in [4.78, 5) is 0.0957. The highest BCUT2D eigenvalue weighted by Crippen LogP contribution is 2.38. The van der Waals surface area contributed by atoms with Gasteiger partial charge in [0.05, 0.1) is 4.90 Å². The lowest BCUT2D eigenvalue weighted by Crippen LogP contribution is -2.17. The molecule has 0 atom stereocenters. The first-order valence-electron chi connectivity index (χ1n) is 10.8. The van der Waals surface area contributed by atoms with Crippen molar-refractivity contribution in [2.45, 2.75) is 37.9 Å². The van der Waals surface area contributed by atoms with Crippen LogP contribution in [0.3, 0.4) is 0 Å². The fourth-order valence-corrected chi connectivity index (χ4v) is 3.93. The van der Waals surface area contributed by atoms with Crippen molar-refractivity contribution in [3.05, 3.63) is 89.6 Å². The van der Waals surface area contributed by atoms with Crippen LogP contribution in [0.5, 0.6) is 0 Å². The van der Waals surface area contributed by atoms with Crippen LogP contribution >= 0.6 is 0 Å². The first-order valence-corrected chi connectivity index (χ1v) is 12.7. The van der Waals surface area contributed by atoms with Crippen LogP contribution in [0.15, 0.2) is 77.7 Å². The van der Waals surface area contributed by atoms with Gasteiger partial charge in [-0.25, -0.2) is 12.8 Å². The van der Waals surface area contributed by atoms with Crippen molar-refractivity contribution in [1.29, 1.82) is 0 Å². The minimum Gasteiger partial charge on any atom is -0.259 e. The van der Waals surface area contributed by atoms with Gasteiger partial charge in [0.25, 0.3) is 0 Å². The zero-order valence-corrected chi connectivity index (χ0v) is 20.6. The molecule has 0 spiro atoms. The number of sulfone groups is 1. The molecule has 2 aromatic carbocycles. The van der Waals surface area contributed by atoms with E-state index >= 15 is 0 Å². The van der Waals surface area contributed by atoms with Gasteiger partial charge in [-0.2, -0.15) is 18.3 Å². The van der Waals surface area contributed by atoms with Crippen LogP contribution in [0.2, 0.25) is 0 Å². The van der Waals surface area contributed by atoms with E-state index in [1.54, 1.807) is 19.9 Å². The first-order chi connectivity index (χ1) is 16.5. The van der Waals surface area contributed by atoms with Gasteiger partial charge >= 0.3 is 6.18 Å². The highest BCUT2D eigenvalue weighted by molar-refractivity contribution is 7.90. The molecule has 3 rings (SSSR count). The molecular formula is C26H28F4N2O2S. The van der Waals surface area contributed by atoms with Gasteiger partial charge in [-0.05, 0) is 38.0 Å². The third-order valence-electron chi connectivity index (χ3n) is 4.93. The Morgan fingerprint density at radius 3 is 2.06 bits per heavy atom. The maximum Gasteiger partial charge on any atom is 0.433 e. The van der Waals surface area contributed by atoms with Crippen LogP contribution in [0.1, 0.15) is 30.7 Å². The van der Waals surface area contributed by atoms with Crippen molar-refractivity contribution in [1.82, 2.24) is 9.78 Å². The number of hydrogen-bond acceptors (Lipinski definition) is 3. The maximum absolute atomic E-state index is 13.9. The minimum atomic E-state index is -4.59. The minimum absolute atomic E-state index is 0.0369. The van der Waals surface area contributed by atoms with E-state index in [-0.39, 0.29) is 29.4 Å². The van der Waals surface area contributed by atoms with Crippen molar-refractivity contribution in [3.63, 3.8) is 0 Å². The van der Waals surface area contributed by atoms with E-state index in [4.69, 9.17) is 0 Å². The lowest BCUT2D eigenvalue weighted by molar-refractivity contribution is -0.144. The third-order valence-corrected chi connectivity index (χ3v) is 6.06. The van der Waals surface area contributed by atoms with E-state index in [2.05, 4.69) is 5.10 Å². The number of aryl methyl sites for hydroxylation is 2. The second kappa shape index (κ2) is 12.5. The Bertz CT molecular complexity index is 1240. The summed E-state index contributed by atoms with van der Waals surface area (Å²) in [5.74, 6) is 0. The van der Waals surface area contributed by atoms with Gasteiger partial charge in [-0.15, -0.1) is 0 Å². The quantitative estimate of drug-likeness (QED) is 0.261. The SMILES string of the molecule is C/C=C/c1c(-c2ccc(S(C)(=O)=O)cc2)nn(CCc2ccccc2)c1C(F)(F)F.C/C=C\CF. The molecule has 3 aromatic rings. The van der Waals surface area contributed by atoms with E-state index in [0.717, 1.165) is 16.5 Å².